The fraction of sp³-hybridized carbons (Fsp3) is 0.556. The molecule has 7 nitrogen and oxygen atoms in total. The molecule has 0 bridgehead atoms. The van der Waals surface area contributed by atoms with Gasteiger partial charge in [-0.05, 0) is 6.42 Å². The summed E-state index contributed by atoms with van der Waals surface area (Å²) in [4.78, 5) is 10.4. The van der Waals surface area contributed by atoms with E-state index in [2.05, 4.69) is 9.82 Å². The number of nitrogens with one attached hydrogen (secondary N) is 1. The van der Waals surface area contributed by atoms with Crippen LogP contribution in [-0.4, -0.2) is 50.9 Å². The summed E-state index contributed by atoms with van der Waals surface area (Å²) in [6.45, 7) is 0.104. The van der Waals surface area contributed by atoms with Crippen molar-refractivity contribution in [3.63, 3.8) is 0 Å². The molecule has 1 rings (SSSR count). The molecule has 0 aromatic carbocycles. The molecular weight excluding hydrogens is 246 g/mol. The van der Waals surface area contributed by atoms with E-state index < -0.39 is 16.0 Å². The van der Waals surface area contributed by atoms with Crippen molar-refractivity contribution in [1.29, 1.82) is 0 Å². The molecule has 0 radical (unpaired) electrons. The first-order chi connectivity index (χ1) is 7.73. The van der Waals surface area contributed by atoms with E-state index in [1.807, 2.05) is 0 Å². The van der Waals surface area contributed by atoms with E-state index in [1.165, 1.54) is 12.4 Å². The number of allylic oxidation sites excluding steroid dienone is 1. The molecule has 1 aliphatic heterocycles. The Kier molecular flexibility index (Phi) is 4.02. The van der Waals surface area contributed by atoms with Crippen LogP contribution < -0.4 is 4.72 Å². The topological polar surface area (TPSA) is 95.8 Å². The highest BCUT2D eigenvalue weighted by molar-refractivity contribution is 7.94. The molecule has 17 heavy (non-hydrogen) atoms. The van der Waals surface area contributed by atoms with E-state index >= 15 is 0 Å². The first kappa shape index (κ1) is 13.8. The van der Waals surface area contributed by atoms with Gasteiger partial charge < -0.3 is 5.11 Å². The highest BCUT2D eigenvalue weighted by atomic mass is 32.2. The third kappa shape index (κ3) is 4.25. The molecule has 8 heteroatoms. The van der Waals surface area contributed by atoms with E-state index in [-0.39, 0.29) is 28.9 Å². The number of rotatable bonds is 6. The van der Waals surface area contributed by atoms with Gasteiger partial charge in [0.15, 0.2) is 4.91 Å². The second kappa shape index (κ2) is 4.94. The first-order valence-corrected chi connectivity index (χ1v) is 6.55. The quantitative estimate of drug-likeness (QED) is 0.507. The van der Waals surface area contributed by atoms with Gasteiger partial charge in [0.1, 0.15) is 12.4 Å². The summed E-state index contributed by atoms with van der Waals surface area (Å²) in [6.07, 6.45) is 2.99. The normalized spacial score (nSPS) is 18.1. The van der Waals surface area contributed by atoms with Gasteiger partial charge in [0.05, 0.1) is 14.1 Å². The van der Waals surface area contributed by atoms with Crippen LogP contribution in [0.1, 0.15) is 12.8 Å². The zero-order chi connectivity index (χ0) is 13.1. The molecule has 0 atom stereocenters. The van der Waals surface area contributed by atoms with E-state index in [0.29, 0.717) is 0 Å². The Morgan fingerprint density at radius 2 is 2.18 bits per heavy atom. The number of hydrogen-bond donors (Lipinski definition) is 2. The van der Waals surface area contributed by atoms with Crippen molar-refractivity contribution in [1.82, 2.24) is 4.72 Å². The number of carboxylic acid groups (broad SMARTS) is 1. The Balaban J connectivity index is 2.54. The lowest BCUT2D eigenvalue weighted by Gasteiger charge is -2.11. The van der Waals surface area contributed by atoms with Crippen LogP contribution in [0, 0.1) is 0 Å². The van der Waals surface area contributed by atoms with Crippen molar-refractivity contribution in [2.75, 3.05) is 20.6 Å². The van der Waals surface area contributed by atoms with Crippen LogP contribution in [0.5, 0.6) is 0 Å². The summed E-state index contributed by atoms with van der Waals surface area (Å²) < 4.78 is 25.9. The van der Waals surface area contributed by atoms with Crippen LogP contribution in [0.25, 0.3) is 0 Å². The molecule has 0 unspecified atom stereocenters. The van der Waals surface area contributed by atoms with Crippen molar-refractivity contribution in [2.24, 2.45) is 5.10 Å². The van der Waals surface area contributed by atoms with Gasteiger partial charge in [0.25, 0.3) is 0 Å². The fourth-order valence-electron chi connectivity index (χ4n) is 1.25. The van der Waals surface area contributed by atoms with Crippen LogP contribution in [0.3, 0.4) is 0 Å². The van der Waals surface area contributed by atoms with E-state index in [4.69, 9.17) is 5.11 Å². The first-order valence-electron chi connectivity index (χ1n) is 5.06. The van der Waals surface area contributed by atoms with Gasteiger partial charge >= 0.3 is 5.97 Å². The minimum absolute atomic E-state index is 0.0583. The Morgan fingerprint density at radius 3 is 2.65 bits per heavy atom. The predicted octanol–water partition coefficient (Wildman–Crippen LogP) is -0.312. The Bertz CT molecular complexity index is 465. The van der Waals surface area contributed by atoms with Crippen molar-refractivity contribution in [3.05, 3.63) is 11.1 Å². The van der Waals surface area contributed by atoms with Gasteiger partial charge in [-0.3, -0.25) is 4.79 Å². The summed E-state index contributed by atoms with van der Waals surface area (Å²) in [6, 6.07) is 0. The van der Waals surface area contributed by atoms with Gasteiger partial charge in [-0.1, -0.05) is 5.10 Å². The van der Waals surface area contributed by atoms with E-state index in [9.17, 15) is 13.2 Å². The number of sulfonamides is 1. The molecular formula is C9H16N3O4S+. The molecule has 0 saturated heterocycles. The van der Waals surface area contributed by atoms with Crippen LogP contribution >= 0.6 is 0 Å². The lowest BCUT2D eigenvalue weighted by Crippen LogP contribution is -2.28. The molecule has 0 aromatic rings. The SMILES string of the molecule is C[N+]1(C)C=C(S(=O)(=O)NCCCC(=O)O)C=N1. The fourth-order valence-corrected chi connectivity index (χ4v) is 2.41. The summed E-state index contributed by atoms with van der Waals surface area (Å²) >= 11 is 0. The van der Waals surface area contributed by atoms with Crippen molar-refractivity contribution >= 4 is 22.2 Å². The van der Waals surface area contributed by atoms with Crippen LogP contribution in [0.4, 0.5) is 0 Å². The summed E-state index contributed by atoms with van der Waals surface area (Å²) in [5.41, 5.74) is 0. The molecule has 96 valence electrons. The predicted molar refractivity (Wildman–Crippen MR) is 62.5 cm³/mol. The van der Waals surface area contributed by atoms with Crippen molar-refractivity contribution in [2.45, 2.75) is 12.8 Å². The van der Waals surface area contributed by atoms with Crippen LogP contribution in [0.15, 0.2) is 16.2 Å². The molecule has 0 spiro atoms. The standard InChI is InChI=1S/C9H15N3O4S/c1-12(2)7-8(6-10-12)17(15,16)11-5-3-4-9(13)14/h6-7,11H,3-5H2,1-2H3/p+1. The average Bonchev–Trinajstić information content (AvgIpc) is 2.54. The largest absolute Gasteiger partial charge is 0.481 e. The zero-order valence-electron chi connectivity index (χ0n) is 9.75. The molecule has 0 aromatic heterocycles. The van der Waals surface area contributed by atoms with Gasteiger partial charge in [0.2, 0.25) is 10.0 Å². The number of quaternary nitrogens is 1. The second-order valence-corrected chi connectivity index (χ2v) is 5.92. The average molecular weight is 262 g/mol. The van der Waals surface area contributed by atoms with Crippen molar-refractivity contribution < 1.29 is 22.9 Å². The highest BCUT2D eigenvalue weighted by Crippen LogP contribution is 2.15. The number of nitrogens with zero attached hydrogens (tertiary/aromatic N) is 2. The number of aliphatic carboxylic acids is 1. The Morgan fingerprint density at radius 1 is 1.53 bits per heavy atom. The van der Waals surface area contributed by atoms with Gasteiger partial charge in [0, 0.05) is 13.0 Å². The molecule has 0 fully saturated rings. The molecule has 2 N–H and O–H groups in total. The van der Waals surface area contributed by atoms with Gasteiger partial charge in [-0.25, -0.2) is 13.1 Å². The molecule has 0 amide bonds. The smallest absolute Gasteiger partial charge is 0.303 e. The third-order valence-electron chi connectivity index (χ3n) is 2.10. The molecule has 0 saturated carbocycles. The maximum Gasteiger partial charge on any atom is 0.303 e. The van der Waals surface area contributed by atoms with E-state index in [1.54, 1.807) is 14.1 Å². The van der Waals surface area contributed by atoms with Gasteiger partial charge in [-0.2, -0.15) is 4.59 Å². The van der Waals surface area contributed by atoms with Gasteiger partial charge in [-0.15, -0.1) is 0 Å². The molecule has 1 aliphatic rings. The Hall–Kier alpha value is -1.25. The summed E-state index contributed by atoms with van der Waals surface area (Å²) in [5, 5.41) is 12.4. The summed E-state index contributed by atoms with van der Waals surface area (Å²) in [5.74, 6) is -0.941. The van der Waals surface area contributed by atoms with Crippen molar-refractivity contribution in [3.8, 4) is 0 Å². The number of carbonyl (C=O) groups is 1. The molecule has 0 aliphatic carbocycles. The number of carboxylic acids is 1. The van der Waals surface area contributed by atoms with Crippen LogP contribution in [0.2, 0.25) is 0 Å². The third-order valence-corrected chi connectivity index (χ3v) is 3.51. The summed E-state index contributed by atoms with van der Waals surface area (Å²) in [7, 11) is -0.0967. The van der Waals surface area contributed by atoms with E-state index in [0.717, 1.165) is 0 Å². The Labute approximate surface area is 100 Å². The highest BCUT2D eigenvalue weighted by Gasteiger charge is 2.27. The van der Waals surface area contributed by atoms with Crippen LogP contribution in [-0.2, 0) is 14.8 Å². The number of hydrogen-bond acceptors (Lipinski definition) is 4. The lowest BCUT2D eigenvalue weighted by atomic mass is 10.3. The maximum atomic E-state index is 11.7. The minimum atomic E-state index is -3.58. The minimum Gasteiger partial charge on any atom is -0.481 e. The molecule has 1 heterocycles. The maximum absolute atomic E-state index is 11.7. The second-order valence-electron chi connectivity index (χ2n) is 4.15. The zero-order valence-corrected chi connectivity index (χ0v) is 10.6. The monoisotopic (exact) mass is 262 g/mol. The lowest BCUT2D eigenvalue weighted by molar-refractivity contribution is -0.842.